The van der Waals surface area contributed by atoms with Gasteiger partial charge in [0, 0.05) is 45.4 Å². The Labute approximate surface area is 118 Å². The lowest BCUT2D eigenvalue weighted by molar-refractivity contribution is 0.199. The Hall–Kier alpha value is -0.700. The van der Waals surface area contributed by atoms with Gasteiger partial charge in [-0.15, -0.1) is 11.3 Å². The Morgan fingerprint density at radius 3 is 2.89 bits per heavy atom. The minimum absolute atomic E-state index is 0.143. The van der Waals surface area contributed by atoms with Crippen LogP contribution in [0.25, 0.3) is 0 Å². The van der Waals surface area contributed by atoms with E-state index in [4.69, 9.17) is 4.74 Å². The molecule has 0 aromatic carbocycles. The summed E-state index contributed by atoms with van der Waals surface area (Å²) in [6.07, 6.45) is 1.24. The third kappa shape index (κ3) is 6.86. The molecule has 110 valence electrons. The molecule has 6 nitrogen and oxygen atoms in total. The van der Waals surface area contributed by atoms with E-state index in [1.807, 2.05) is 17.3 Å². The molecule has 1 N–H and O–H groups in total. The molecule has 1 aromatic rings. The molecule has 1 aromatic heterocycles. The molecule has 1 heterocycles. The number of methoxy groups -OCH3 is 1. The van der Waals surface area contributed by atoms with Crippen LogP contribution in [-0.2, 0) is 21.1 Å². The summed E-state index contributed by atoms with van der Waals surface area (Å²) >= 11 is 1.52. The summed E-state index contributed by atoms with van der Waals surface area (Å²) in [5.41, 5.74) is 0.960. The van der Waals surface area contributed by atoms with Gasteiger partial charge >= 0.3 is 0 Å². The number of hydrogen-bond donors (Lipinski definition) is 1. The predicted molar refractivity (Wildman–Crippen MR) is 78.7 cm³/mol. The Morgan fingerprint density at radius 1 is 1.53 bits per heavy atom. The van der Waals surface area contributed by atoms with E-state index >= 15 is 0 Å². The molecule has 0 amide bonds. The van der Waals surface area contributed by atoms with Gasteiger partial charge in [-0.3, -0.25) is 0 Å². The third-order valence-corrected chi connectivity index (χ3v) is 4.38. The maximum Gasteiger partial charge on any atom is 0.185 e. The largest absolute Gasteiger partial charge is 0.383 e. The molecule has 0 spiro atoms. The SMILES string of the molecule is COCCNCc1csc(N(C)CCS(C)(=O)=O)n1. The Balaban J connectivity index is 2.40. The number of aromatic nitrogens is 1. The summed E-state index contributed by atoms with van der Waals surface area (Å²) in [4.78, 5) is 6.32. The second-order valence-electron chi connectivity index (χ2n) is 4.34. The van der Waals surface area contributed by atoms with Gasteiger partial charge in [0.1, 0.15) is 9.84 Å². The van der Waals surface area contributed by atoms with Crippen molar-refractivity contribution < 1.29 is 13.2 Å². The number of ether oxygens (including phenoxy) is 1. The zero-order valence-electron chi connectivity index (χ0n) is 11.5. The molecule has 0 aliphatic carbocycles. The number of rotatable bonds is 9. The van der Waals surface area contributed by atoms with Crippen molar-refractivity contribution in [3.05, 3.63) is 11.1 Å². The van der Waals surface area contributed by atoms with E-state index in [-0.39, 0.29) is 5.75 Å². The average molecular weight is 307 g/mol. The number of nitrogens with one attached hydrogen (secondary N) is 1. The number of sulfone groups is 1. The fourth-order valence-corrected chi connectivity index (χ4v) is 2.77. The molecule has 1 rings (SSSR count). The molecule has 19 heavy (non-hydrogen) atoms. The fourth-order valence-electron chi connectivity index (χ4n) is 1.34. The Bertz CT molecular complexity index is 473. The van der Waals surface area contributed by atoms with Gasteiger partial charge in [0.15, 0.2) is 5.13 Å². The number of hydrogen-bond acceptors (Lipinski definition) is 7. The molecule has 0 atom stereocenters. The van der Waals surface area contributed by atoms with E-state index in [0.29, 0.717) is 19.7 Å². The highest BCUT2D eigenvalue weighted by Gasteiger charge is 2.09. The van der Waals surface area contributed by atoms with Crippen molar-refractivity contribution in [2.45, 2.75) is 6.54 Å². The van der Waals surface area contributed by atoms with Crippen LogP contribution in [-0.4, -0.2) is 59.3 Å². The minimum Gasteiger partial charge on any atom is -0.383 e. The van der Waals surface area contributed by atoms with E-state index in [1.165, 1.54) is 17.6 Å². The van der Waals surface area contributed by atoms with Crippen molar-refractivity contribution in [1.29, 1.82) is 0 Å². The maximum atomic E-state index is 11.1. The van der Waals surface area contributed by atoms with Gasteiger partial charge in [-0.2, -0.15) is 0 Å². The molecule has 0 fully saturated rings. The zero-order valence-corrected chi connectivity index (χ0v) is 13.2. The second kappa shape index (κ2) is 7.78. The van der Waals surface area contributed by atoms with Crippen molar-refractivity contribution >= 4 is 26.3 Å². The lowest BCUT2D eigenvalue weighted by Gasteiger charge is -2.14. The second-order valence-corrected chi connectivity index (χ2v) is 7.44. The van der Waals surface area contributed by atoms with Gasteiger partial charge in [0.05, 0.1) is 18.1 Å². The summed E-state index contributed by atoms with van der Waals surface area (Å²) in [7, 11) is 0.587. The quantitative estimate of drug-likeness (QED) is 0.664. The molecule has 0 unspecified atom stereocenters. The summed E-state index contributed by atoms with van der Waals surface area (Å²) in [5, 5.41) is 6.03. The van der Waals surface area contributed by atoms with Crippen LogP contribution in [0.5, 0.6) is 0 Å². The number of anilines is 1. The first-order chi connectivity index (χ1) is 8.92. The summed E-state index contributed by atoms with van der Waals surface area (Å²) in [5.74, 6) is 0.143. The zero-order chi connectivity index (χ0) is 14.3. The molecule has 8 heteroatoms. The number of thiazole rings is 1. The van der Waals surface area contributed by atoms with Crippen LogP contribution in [0.3, 0.4) is 0 Å². The van der Waals surface area contributed by atoms with Crippen molar-refractivity contribution in [2.24, 2.45) is 0 Å². The topological polar surface area (TPSA) is 71.5 Å². The van der Waals surface area contributed by atoms with E-state index in [2.05, 4.69) is 10.3 Å². The van der Waals surface area contributed by atoms with Gasteiger partial charge in [0.2, 0.25) is 0 Å². The van der Waals surface area contributed by atoms with E-state index < -0.39 is 9.84 Å². The van der Waals surface area contributed by atoms with Crippen LogP contribution in [0.4, 0.5) is 5.13 Å². The maximum absolute atomic E-state index is 11.1. The molecule has 0 saturated heterocycles. The molecular formula is C11H21N3O3S2. The van der Waals surface area contributed by atoms with E-state index in [9.17, 15) is 8.42 Å². The summed E-state index contributed by atoms with van der Waals surface area (Å²) in [6, 6.07) is 0. The third-order valence-electron chi connectivity index (χ3n) is 2.45. The molecule has 0 radical (unpaired) electrons. The van der Waals surface area contributed by atoms with Crippen molar-refractivity contribution in [3.63, 3.8) is 0 Å². The highest BCUT2D eigenvalue weighted by Crippen LogP contribution is 2.18. The van der Waals surface area contributed by atoms with Crippen LogP contribution in [0.1, 0.15) is 5.69 Å². The van der Waals surface area contributed by atoms with Gasteiger partial charge in [0.25, 0.3) is 0 Å². The lowest BCUT2D eigenvalue weighted by Crippen LogP contribution is -2.25. The van der Waals surface area contributed by atoms with Crippen LogP contribution in [0.15, 0.2) is 5.38 Å². The monoisotopic (exact) mass is 307 g/mol. The number of nitrogens with zero attached hydrogens (tertiary/aromatic N) is 2. The predicted octanol–water partition coefficient (Wildman–Crippen LogP) is 0.360. The summed E-state index contributed by atoms with van der Waals surface area (Å²) < 4.78 is 27.2. The molecule has 0 aliphatic heterocycles. The van der Waals surface area contributed by atoms with Crippen molar-refractivity contribution in [2.75, 3.05) is 50.8 Å². The van der Waals surface area contributed by atoms with Crippen molar-refractivity contribution in [3.8, 4) is 0 Å². The lowest BCUT2D eigenvalue weighted by atomic mass is 10.5. The molecular weight excluding hydrogens is 286 g/mol. The smallest absolute Gasteiger partial charge is 0.185 e. The minimum atomic E-state index is -2.93. The van der Waals surface area contributed by atoms with Crippen LogP contribution in [0, 0.1) is 0 Å². The average Bonchev–Trinajstić information content (AvgIpc) is 2.79. The van der Waals surface area contributed by atoms with E-state index in [1.54, 1.807) is 7.11 Å². The standard InChI is InChI=1S/C11H21N3O3S2/c1-14(5-7-19(3,15)16)11-13-10(9-18-11)8-12-4-6-17-2/h9,12H,4-8H2,1-3H3. The Kier molecular flexibility index (Phi) is 6.70. The van der Waals surface area contributed by atoms with Crippen LogP contribution in [0.2, 0.25) is 0 Å². The Morgan fingerprint density at radius 2 is 2.26 bits per heavy atom. The first-order valence-corrected chi connectivity index (χ1v) is 8.89. The van der Waals surface area contributed by atoms with Crippen LogP contribution < -0.4 is 10.2 Å². The van der Waals surface area contributed by atoms with E-state index in [0.717, 1.165) is 17.4 Å². The molecule has 0 saturated carbocycles. The highest BCUT2D eigenvalue weighted by atomic mass is 32.2. The van der Waals surface area contributed by atoms with Crippen molar-refractivity contribution in [1.82, 2.24) is 10.3 Å². The molecule has 0 aliphatic rings. The highest BCUT2D eigenvalue weighted by molar-refractivity contribution is 7.90. The van der Waals surface area contributed by atoms with Gasteiger partial charge in [-0.05, 0) is 0 Å². The fraction of sp³-hybridized carbons (Fsp3) is 0.727. The van der Waals surface area contributed by atoms with Gasteiger partial charge < -0.3 is 15.0 Å². The van der Waals surface area contributed by atoms with Gasteiger partial charge in [-0.25, -0.2) is 13.4 Å². The first-order valence-electron chi connectivity index (χ1n) is 5.95. The van der Waals surface area contributed by atoms with Gasteiger partial charge in [-0.1, -0.05) is 0 Å². The first kappa shape index (κ1) is 16.4. The summed E-state index contributed by atoms with van der Waals surface area (Å²) in [6.45, 7) is 2.61. The molecule has 0 bridgehead atoms. The normalized spacial score (nSPS) is 11.7. The van der Waals surface area contributed by atoms with Crippen LogP contribution >= 0.6 is 11.3 Å².